The van der Waals surface area contributed by atoms with Crippen molar-refractivity contribution in [3.63, 3.8) is 0 Å². The first-order valence-electron chi connectivity index (χ1n) is 10.2. The number of carbonyl (C=O) groups is 1. The third-order valence-electron chi connectivity index (χ3n) is 4.88. The number of halogens is 1. The molecule has 0 saturated heterocycles. The summed E-state index contributed by atoms with van der Waals surface area (Å²) in [7, 11) is -0.743. The van der Waals surface area contributed by atoms with Crippen molar-refractivity contribution in [3.8, 4) is 17.2 Å². The van der Waals surface area contributed by atoms with Gasteiger partial charge in [0.25, 0.3) is 15.9 Å². The molecule has 2 N–H and O–H groups in total. The van der Waals surface area contributed by atoms with Gasteiger partial charge in [-0.05, 0) is 55.0 Å². The second-order valence-electron chi connectivity index (χ2n) is 7.26. The number of rotatable bonds is 10. The van der Waals surface area contributed by atoms with Crippen LogP contribution in [-0.2, 0) is 14.8 Å². The Kier molecular flexibility index (Phi) is 8.25. The molecule has 0 radical (unpaired) electrons. The molecule has 0 unspecified atom stereocenters. The highest BCUT2D eigenvalue weighted by Gasteiger charge is 2.18. The van der Waals surface area contributed by atoms with E-state index in [0.29, 0.717) is 17.2 Å². The molecule has 8 nitrogen and oxygen atoms in total. The predicted octanol–water partition coefficient (Wildman–Crippen LogP) is 4.41. The molecule has 34 heavy (non-hydrogen) atoms. The van der Waals surface area contributed by atoms with Gasteiger partial charge in [0, 0.05) is 5.69 Å². The second-order valence-corrected chi connectivity index (χ2v) is 9.35. The lowest BCUT2D eigenvalue weighted by molar-refractivity contribution is -0.123. The van der Waals surface area contributed by atoms with E-state index < -0.39 is 10.0 Å². The number of ether oxygens (including phenoxy) is 3. The number of para-hydroxylation sites is 1. The molecule has 0 aliphatic rings. The van der Waals surface area contributed by atoms with Gasteiger partial charge >= 0.3 is 0 Å². The zero-order valence-electron chi connectivity index (χ0n) is 18.9. The average molecular weight is 505 g/mol. The summed E-state index contributed by atoms with van der Waals surface area (Å²) in [6.07, 6.45) is 0. The average Bonchev–Trinajstić information content (AvgIpc) is 2.83. The fraction of sp³-hybridized carbons (Fsp3) is 0.208. The maximum absolute atomic E-state index is 12.6. The topological polar surface area (TPSA) is 103 Å². The molecule has 1 atom stereocenters. The van der Waals surface area contributed by atoms with E-state index in [0.717, 1.165) is 5.56 Å². The van der Waals surface area contributed by atoms with E-state index >= 15 is 0 Å². The quantitative estimate of drug-likeness (QED) is 0.424. The molecule has 10 heteroatoms. The lowest BCUT2D eigenvalue weighted by atomic mass is 10.1. The Bertz CT molecular complexity index is 1250. The van der Waals surface area contributed by atoms with E-state index in [1.165, 1.54) is 25.3 Å². The van der Waals surface area contributed by atoms with E-state index in [1.54, 1.807) is 49.6 Å². The zero-order valence-corrected chi connectivity index (χ0v) is 20.4. The smallest absolute Gasteiger partial charge is 0.261 e. The molecule has 0 aliphatic carbocycles. The summed E-state index contributed by atoms with van der Waals surface area (Å²) in [5, 5.41) is 2.89. The Morgan fingerprint density at radius 2 is 1.62 bits per heavy atom. The molecule has 3 rings (SSSR count). The third kappa shape index (κ3) is 6.33. The van der Waals surface area contributed by atoms with Crippen LogP contribution in [-0.4, -0.2) is 35.2 Å². The van der Waals surface area contributed by atoms with Crippen molar-refractivity contribution in [1.29, 1.82) is 0 Å². The summed E-state index contributed by atoms with van der Waals surface area (Å²) in [6, 6.07) is 17.6. The van der Waals surface area contributed by atoms with E-state index in [-0.39, 0.29) is 34.2 Å². The van der Waals surface area contributed by atoms with Gasteiger partial charge in [0.2, 0.25) is 0 Å². The van der Waals surface area contributed by atoms with Gasteiger partial charge in [-0.15, -0.1) is 0 Å². The van der Waals surface area contributed by atoms with Gasteiger partial charge in [0.1, 0.15) is 5.75 Å². The van der Waals surface area contributed by atoms with Crippen molar-refractivity contribution in [3.05, 3.63) is 77.3 Å². The number of anilines is 1. The number of hydrogen-bond acceptors (Lipinski definition) is 6. The molecule has 3 aromatic rings. The summed E-state index contributed by atoms with van der Waals surface area (Å²) < 4.78 is 43.7. The third-order valence-corrected chi connectivity index (χ3v) is 6.56. The number of sulfonamides is 1. The number of benzene rings is 3. The molecular formula is C24H25ClN2O6S. The van der Waals surface area contributed by atoms with Gasteiger partial charge in [-0.1, -0.05) is 35.9 Å². The van der Waals surface area contributed by atoms with Crippen molar-refractivity contribution in [2.45, 2.75) is 17.9 Å². The minimum atomic E-state index is -3.83. The van der Waals surface area contributed by atoms with Crippen LogP contribution >= 0.6 is 11.6 Å². The Labute approximate surface area is 203 Å². The number of amides is 1. The summed E-state index contributed by atoms with van der Waals surface area (Å²) in [4.78, 5) is 12.3. The zero-order chi connectivity index (χ0) is 24.7. The molecule has 0 heterocycles. The Morgan fingerprint density at radius 3 is 2.26 bits per heavy atom. The lowest BCUT2D eigenvalue weighted by Gasteiger charge is -2.17. The monoisotopic (exact) mass is 504 g/mol. The van der Waals surface area contributed by atoms with E-state index in [4.69, 9.17) is 25.8 Å². The van der Waals surface area contributed by atoms with Gasteiger partial charge in [-0.3, -0.25) is 9.52 Å². The van der Waals surface area contributed by atoms with E-state index in [9.17, 15) is 13.2 Å². The van der Waals surface area contributed by atoms with Gasteiger partial charge in [0.05, 0.1) is 30.2 Å². The van der Waals surface area contributed by atoms with Crippen molar-refractivity contribution < 1.29 is 27.4 Å². The van der Waals surface area contributed by atoms with Crippen LogP contribution in [0.3, 0.4) is 0 Å². The van der Waals surface area contributed by atoms with Crippen LogP contribution in [0.15, 0.2) is 71.6 Å². The van der Waals surface area contributed by atoms with Crippen LogP contribution in [0.2, 0.25) is 5.02 Å². The molecule has 0 aromatic heterocycles. The van der Waals surface area contributed by atoms with Crippen LogP contribution in [0.5, 0.6) is 17.2 Å². The first kappa shape index (κ1) is 25.2. The van der Waals surface area contributed by atoms with Crippen LogP contribution in [0.1, 0.15) is 18.5 Å². The van der Waals surface area contributed by atoms with Crippen LogP contribution in [0.4, 0.5) is 5.69 Å². The van der Waals surface area contributed by atoms with Gasteiger partial charge < -0.3 is 19.5 Å². The van der Waals surface area contributed by atoms with Gasteiger partial charge in [-0.25, -0.2) is 8.42 Å². The summed E-state index contributed by atoms with van der Waals surface area (Å²) >= 11 is 6.21. The lowest BCUT2D eigenvalue weighted by Crippen LogP contribution is -2.31. The summed E-state index contributed by atoms with van der Waals surface area (Å²) in [5.41, 5.74) is 1.25. The highest BCUT2D eigenvalue weighted by Crippen LogP contribution is 2.30. The van der Waals surface area contributed by atoms with Crippen molar-refractivity contribution in [1.82, 2.24) is 5.32 Å². The molecule has 0 bridgehead atoms. The van der Waals surface area contributed by atoms with Crippen LogP contribution in [0, 0.1) is 0 Å². The normalized spacial score (nSPS) is 11.9. The standard InChI is InChI=1S/C24H25ClN2O6S/c1-16(17-9-11-22(31-2)23(13-17)32-3)26-24(28)15-33-21-12-10-19(14-20(21)25)34(29,30)27-18-7-5-4-6-8-18/h4-14,16,27H,15H2,1-3H3,(H,26,28)/t16-/m1/s1. The fourth-order valence-electron chi connectivity index (χ4n) is 3.12. The van der Waals surface area contributed by atoms with Crippen molar-refractivity contribution >= 4 is 33.2 Å². The van der Waals surface area contributed by atoms with Crippen LogP contribution in [0.25, 0.3) is 0 Å². The second kappa shape index (κ2) is 11.1. The number of hydrogen-bond donors (Lipinski definition) is 2. The van der Waals surface area contributed by atoms with Gasteiger partial charge in [-0.2, -0.15) is 0 Å². The fourth-order valence-corrected chi connectivity index (χ4v) is 4.50. The molecule has 0 saturated carbocycles. The Balaban J connectivity index is 1.60. The summed E-state index contributed by atoms with van der Waals surface area (Å²) in [6.45, 7) is 1.53. The Morgan fingerprint density at radius 1 is 0.941 bits per heavy atom. The van der Waals surface area contributed by atoms with Gasteiger partial charge in [0.15, 0.2) is 18.1 Å². The summed E-state index contributed by atoms with van der Waals surface area (Å²) in [5.74, 6) is 0.961. The predicted molar refractivity (Wildman–Crippen MR) is 130 cm³/mol. The first-order valence-corrected chi connectivity index (χ1v) is 12.1. The van der Waals surface area contributed by atoms with E-state index in [1.807, 2.05) is 13.0 Å². The van der Waals surface area contributed by atoms with Crippen molar-refractivity contribution in [2.24, 2.45) is 0 Å². The first-order chi connectivity index (χ1) is 16.2. The number of methoxy groups -OCH3 is 2. The highest BCUT2D eigenvalue weighted by atomic mass is 35.5. The minimum absolute atomic E-state index is 0.0276. The molecule has 3 aromatic carbocycles. The number of carbonyl (C=O) groups excluding carboxylic acids is 1. The molecule has 0 fully saturated rings. The molecule has 1 amide bonds. The van der Waals surface area contributed by atoms with E-state index in [2.05, 4.69) is 10.0 Å². The number of nitrogens with one attached hydrogen (secondary N) is 2. The Hall–Kier alpha value is -3.43. The molecule has 0 aliphatic heterocycles. The molecule has 180 valence electrons. The van der Waals surface area contributed by atoms with Crippen molar-refractivity contribution in [2.75, 3.05) is 25.5 Å². The molecular weight excluding hydrogens is 480 g/mol. The maximum atomic E-state index is 12.6. The SMILES string of the molecule is COc1ccc([C@@H](C)NC(=O)COc2ccc(S(=O)(=O)Nc3ccccc3)cc2Cl)cc1OC. The van der Waals surface area contributed by atoms with Crippen LogP contribution < -0.4 is 24.2 Å². The highest BCUT2D eigenvalue weighted by molar-refractivity contribution is 7.92. The maximum Gasteiger partial charge on any atom is 0.261 e. The molecule has 0 spiro atoms. The largest absolute Gasteiger partial charge is 0.493 e. The minimum Gasteiger partial charge on any atom is -0.493 e.